The van der Waals surface area contributed by atoms with Crippen LogP contribution in [0.5, 0.6) is 0 Å². The fourth-order valence-electron chi connectivity index (χ4n) is 0.913. The van der Waals surface area contributed by atoms with Crippen LogP contribution < -0.4 is 16.0 Å². The molecule has 2 amide bonds. The molecule has 0 rings (SSSR count). The summed E-state index contributed by atoms with van der Waals surface area (Å²) in [6.45, 7) is 2.10. The van der Waals surface area contributed by atoms with E-state index in [1.807, 2.05) is 0 Å². The van der Waals surface area contributed by atoms with Crippen molar-refractivity contribution in [1.29, 1.82) is 0 Å². The molecule has 1 atom stereocenters. The Balaban J connectivity index is 3.79. The molecule has 0 saturated heterocycles. The van der Waals surface area contributed by atoms with E-state index in [0.29, 0.717) is 19.3 Å². The lowest BCUT2D eigenvalue weighted by Gasteiger charge is -2.12. The minimum Gasteiger partial charge on any atom is -0.348 e. The van der Waals surface area contributed by atoms with Gasteiger partial charge in [0.1, 0.15) is 12.3 Å². The van der Waals surface area contributed by atoms with Crippen molar-refractivity contribution in [2.45, 2.75) is 19.4 Å². The Hall–Kier alpha value is -1.43. The van der Waals surface area contributed by atoms with Gasteiger partial charge in [-0.15, -0.1) is 0 Å². The van der Waals surface area contributed by atoms with Crippen molar-refractivity contribution in [1.82, 2.24) is 16.0 Å². The van der Waals surface area contributed by atoms with Gasteiger partial charge in [-0.1, -0.05) is 0 Å². The highest BCUT2D eigenvalue weighted by Gasteiger charge is 2.13. The van der Waals surface area contributed by atoms with E-state index in [4.69, 9.17) is 0 Å². The molecule has 15 heavy (non-hydrogen) atoms. The predicted octanol–water partition coefficient (Wildman–Crippen LogP) is -1.58. The summed E-state index contributed by atoms with van der Waals surface area (Å²) >= 11 is 0. The topological polar surface area (TPSA) is 87.3 Å². The first-order chi connectivity index (χ1) is 7.11. The molecule has 0 aromatic rings. The average Bonchev–Trinajstić information content (AvgIpc) is 2.22. The van der Waals surface area contributed by atoms with Crippen molar-refractivity contribution >= 4 is 18.1 Å². The third-order valence-corrected chi connectivity index (χ3v) is 1.73. The van der Waals surface area contributed by atoms with Gasteiger partial charge in [-0.25, -0.2) is 0 Å². The molecule has 0 fully saturated rings. The second-order valence-corrected chi connectivity index (χ2v) is 3.05. The van der Waals surface area contributed by atoms with Gasteiger partial charge in [0.2, 0.25) is 11.8 Å². The molecular formula is C9H17N3O3. The maximum absolute atomic E-state index is 11.2. The van der Waals surface area contributed by atoms with Crippen LogP contribution in [-0.4, -0.2) is 44.3 Å². The molecule has 6 heteroatoms. The Morgan fingerprint density at radius 2 is 2.07 bits per heavy atom. The Labute approximate surface area is 88.8 Å². The largest absolute Gasteiger partial charge is 0.348 e. The Bertz CT molecular complexity index is 231. The van der Waals surface area contributed by atoms with Crippen LogP contribution in [0.25, 0.3) is 0 Å². The molecular weight excluding hydrogens is 198 g/mol. The fraction of sp³-hybridized carbons (Fsp3) is 0.667. The zero-order valence-corrected chi connectivity index (χ0v) is 9.00. The molecule has 0 aromatic heterocycles. The molecule has 3 N–H and O–H groups in total. The van der Waals surface area contributed by atoms with E-state index in [2.05, 4.69) is 16.0 Å². The van der Waals surface area contributed by atoms with Crippen LogP contribution >= 0.6 is 0 Å². The lowest BCUT2D eigenvalue weighted by atomic mass is 10.3. The molecule has 0 heterocycles. The van der Waals surface area contributed by atoms with Crippen molar-refractivity contribution in [2.24, 2.45) is 0 Å². The second kappa shape index (κ2) is 7.93. The van der Waals surface area contributed by atoms with E-state index in [1.54, 1.807) is 14.0 Å². The first kappa shape index (κ1) is 13.6. The summed E-state index contributed by atoms with van der Waals surface area (Å²) in [6.07, 6.45) is 0.912. The minimum atomic E-state index is -0.616. The number of amides is 2. The normalized spacial score (nSPS) is 11.6. The highest BCUT2D eigenvalue weighted by atomic mass is 16.2. The van der Waals surface area contributed by atoms with Gasteiger partial charge in [0.25, 0.3) is 0 Å². The summed E-state index contributed by atoms with van der Waals surface area (Å²) in [7, 11) is 1.74. The zero-order chi connectivity index (χ0) is 11.7. The molecule has 0 aliphatic heterocycles. The van der Waals surface area contributed by atoms with E-state index in [9.17, 15) is 14.4 Å². The number of nitrogens with one attached hydrogen (secondary N) is 3. The van der Waals surface area contributed by atoms with Crippen molar-refractivity contribution in [2.75, 3.05) is 20.1 Å². The van der Waals surface area contributed by atoms with Gasteiger partial charge in [-0.3, -0.25) is 9.59 Å². The summed E-state index contributed by atoms with van der Waals surface area (Å²) in [5, 5.41) is 7.70. The van der Waals surface area contributed by atoms with Crippen molar-refractivity contribution in [3.8, 4) is 0 Å². The van der Waals surface area contributed by atoms with E-state index in [1.165, 1.54) is 0 Å². The number of carbonyl (C=O) groups excluding carboxylic acids is 3. The lowest BCUT2D eigenvalue weighted by molar-refractivity contribution is -0.128. The van der Waals surface area contributed by atoms with Crippen molar-refractivity contribution < 1.29 is 14.4 Å². The molecule has 6 nitrogen and oxygen atoms in total. The molecule has 0 saturated carbocycles. The Morgan fingerprint density at radius 1 is 1.40 bits per heavy atom. The number of hydrogen-bond donors (Lipinski definition) is 3. The van der Waals surface area contributed by atoms with Gasteiger partial charge in [-0.2, -0.15) is 0 Å². The first-order valence-corrected chi connectivity index (χ1v) is 4.77. The zero-order valence-electron chi connectivity index (χ0n) is 9.00. The van der Waals surface area contributed by atoms with Gasteiger partial charge in [0, 0.05) is 13.0 Å². The summed E-state index contributed by atoms with van der Waals surface area (Å²) in [6, 6.07) is -0.616. The quantitative estimate of drug-likeness (QED) is 0.447. The number of aldehydes is 1. The summed E-state index contributed by atoms with van der Waals surface area (Å²) in [4.78, 5) is 32.4. The van der Waals surface area contributed by atoms with Gasteiger partial charge in [0.05, 0.1) is 6.54 Å². The fourth-order valence-corrected chi connectivity index (χ4v) is 0.913. The van der Waals surface area contributed by atoms with Crippen LogP contribution in [0.4, 0.5) is 0 Å². The first-order valence-electron chi connectivity index (χ1n) is 4.77. The van der Waals surface area contributed by atoms with E-state index < -0.39 is 6.04 Å². The highest BCUT2D eigenvalue weighted by Crippen LogP contribution is 1.84. The van der Waals surface area contributed by atoms with E-state index in [0.717, 1.165) is 0 Å². The minimum absolute atomic E-state index is 0.0322. The van der Waals surface area contributed by atoms with Crippen LogP contribution in [0.2, 0.25) is 0 Å². The predicted molar refractivity (Wildman–Crippen MR) is 55.2 cm³/mol. The van der Waals surface area contributed by atoms with Gasteiger partial charge in [0.15, 0.2) is 0 Å². The summed E-state index contributed by atoms with van der Waals surface area (Å²) in [5.74, 6) is -0.557. The molecule has 1 unspecified atom stereocenters. The molecule has 0 aliphatic carbocycles. The molecule has 86 valence electrons. The van der Waals surface area contributed by atoms with Crippen molar-refractivity contribution in [3.63, 3.8) is 0 Å². The summed E-state index contributed by atoms with van der Waals surface area (Å²) in [5.41, 5.74) is 0. The number of hydrogen-bond acceptors (Lipinski definition) is 4. The molecule has 0 bridgehead atoms. The van der Waals surface area contributed by atoms with Crippen LogP contribution in [0.3, 0.4) is 0 Å². The molecule has 0 aliphatic rings. The maximum Gasteiger partial charge on any atom is 0.242 e. The van der Waals surface area contributed by atoms with Crippen LogP contribution in [0.15, 0.2) is 0 Å². The van der Waals surface area contributed by atoms with Gasteiger partial charge in [-0.05, 0) is 14.0 Å². The lowest BCUT2D eigenvalue weighted by Crippen LogP contribution is -2.45. The highest BCUT2D eigenvalue weighted by molar-refractivity contribution is 5.88. The van der Waals surface area contributed by atoms with Crippen molar-refractivity contribution in [3.05, 3.63) is 0 Å². The molecule has 0 radical (unpaired) electrons. The van der Waals surface area contributed by atoms with E-state index in [-0.39, 0.29) is 18.4 Å². The van der Waals surface area contributed by atoms with Gasteiger partial charge >= 0.3 is 0 Å². The SMILES string of the molecule is CNCCC(=O)NC(C)C(=O)NCC=O. The monoisotopic (exact) mass is 215 g/mol. The van der Waals surface area contributed by atoms with E-state index >= 15 is 0 Å². The maximum atomic E-state index is 11.2. The standard InChI is InChI=1S/C9H17N3O3/c1-7(9(15)11-5-6-13)12-8(14)3-4-10-2/h6-7,10H,3-5H2,1-2H3,(H,11,15)(H,12,14). The second-order valence-electron chi connectivity index (χ2n) is 3.05. The summed E-state index contributed by atoms with van der Waals surface area (Å²) < 4.78 is 0. The number of rotatable bonds is 7. The van der Waals surface area contributed by atoms with Gasteiger partial charge < -0.3 is 20.7 Å². The molecule has 0 spiro atoms. The third kappa shape index (κ3) is 6.62. The Morgan fingerprint density at radius 3 is 2.60 bits per heavy atom. The molecule has 0 aromatic carbocycles. The number of carbonyl (C=O) groups is 3. The smallest absolute Gasteiger partial charge is 0.242 e. The van der Waals surface area contributed by atoms with Crippen LogP contribution in [-0.2, 0) is 14.4 Å². The van der Waals surface area contributed by atoms with Crippen LogP contribution in [0.1, 0.15) is 13.3 Å². The Kier molecular flexibility index (Phi) is 7.17. The average molecular weight is 215 g/mol. The third-order valence-electron chi connectivity index (χ3n) is 1.73. The van der Waals surface area contributed by atoms with Crippen LogP contribution in [0, 0.1) is 0 Å².